The van der Waals surface area contributed by atoms with Gasteiger partial charge in [0.15, 0.2) is 0 Å². The van der Waals surface area contributed by atoms with Gasteiger partial charge < -0.3 is 10.5 Å². The number of nitrogens with two attached hydrogens (primary N) is 1. The Bertz CT molecular complexity index is 575. The van der Waals surface area contributed by atoms with Crippen LogP contribution in [0.1, 0.15) is 42.0 Å². The summed E-state index contributed by atoms with van der Waals surface area (Å²) >= 11 is 0. The van der Waals surface area contributed by atoms with E-state index in [1.54, 1.807) is 7.11 Å². The Kier molecular flexibility index (Phi) is 4.80. The topological polar surface area (TPSA) is 35.2 Å². The minimum atomic E-state index is 0.459. The number of hydrogen-bond donors (Lipinski definition) is 1. The van der Waals surface area contributed by atoms with Crippen molar-refractivity contribution < 1.29 is 4.74 Å². The Morgan fingerprint density at radius 3 is 2.35 bits per heavy atom. The monoisotopic (exact) mass is 269 g/mol. The first-order valence-corrected chi connectivity index (χ1v) is 7.08. The molecule has 2 aromatic carbocycles. The zero-order valence-electron chi connectivity index (χ0n) is 12.5. The smallest absolute Gasteiger partial charge is 0.122 e. The number of hydrogen-bond acceptors (Lipinski definition) is 2. The standard InChI is InChI=1S/C18H23NO/c1-13(2)17-11-15(7-8-18(17)20-3)9-14-5-4-6-16(10-14)12-19/h4-8,10-11,13H,9,12,19H2,1-3H3. The van der Waals surface area contributed by atoms with Crippen molar-refractivity contribution in [2.45, 2.75) is 32.7 Å². The molecule has 2 rings (SSSR count). The molecule has 0 aliphatic rings. The van der Waals surface area contributed by atoms with Gasteiger partial charge in [-0.15, -0.1) is 0 Å². The fraction of sp³-hybridized carbons (Fsp3) is 0.333. The minimum absolute atomic E-state index is 0.459. The average molecular weight is 269 g/mol. The van der Waals surface area contributed by atoms with E-state index in [0.717, 1.165) is 12.2 Å². The Hall–Kier alpha value is -1.80. The Balaban J connectivity index is 2.27. The summed E-state index contributed by atoms with van der Waals surface area (Å²) in [5.74, 6) is 1.43. The van der Waals surface area contributed by atoms with Crippen LogP contribution in [0.15, 0.2) is 42.5 Å². The second kappa shape index (κ2) is 6.58. The van der Waals surface area contributed by atoms with Gasteiger partial charge in [0.05, 0.1) is 7.11 Å². The fourth-order valence-electron chi connectivity index (χ4n) is 2.45. The Morgan fingerprint density at radius 2 is 1.70 bits per heavy atom. The molecule has 0 heterocycles. The van der Waals surface area contributed by atoms with Crippen LogP contribution in [0.2, 0.25) is 0 Å². The van der Waals surface area contributed by atoms with Gasteiger partial charge in [-0.3, -0.25) is 0 Å². The largest absolute Gasteiger partial charge is 0.496 e. The maximum atomic E-state index is 5.70. The van der Waals surface area contributed by atoms with Crippen LogP contribution in [0.5, 0.6) is 5.75 Å². The molecule has 0 aliphatic heterocycles. The van der Waals surface area contributed by atoms with Crippen LogP contribution in [0, 0.1) is 0 Å². The predicted molar refractivity (Wildman–Crippen MR) is 84.2 cm³/mol. The van der Waals surface area contributed by atoms with Crippen LogP contribution >= 0.6 is 0 Å². The third-order valence-electron chi connectivity index (χ3n) is 3.55. The van der Waals surface area contributed by atoms with Gasteiger partial charge in [-0.05, 0) is 40.7 Å². The van der Waals surface area contributed by atoms with Crippen LogP contribution < -0.4 is 10.5 Å². The molecule has 0 atom stereocenters. The van der Waals surface area contributed by atoms with Gasteiger partial charge in [-0.2, -0.15) is 0 Å². The highest BCUT2D eigenvalue weighted by molar-refractivity contribution is 5.41. The molecule has 0 unspecified atom stereocenters. The summed E-state index contributed by atoms with van der Waals surface area (Å²) in [7, 11) is 1.73. The highest BCUT2D eigenvalue weighted by Gasteiger charge is 2.08. The fourth-order valence-corrected chi connectivity index (χ4v) is 2.45. The molecule has 2 N–H and O–H groups in total. The molecule has 20 heavy (non-hydrogen) atoms. The molecule has 0 amide bonds. The lowest BCUT2D eigenvalue weighted by Gasteiger charge is -2.14. The summed E-state index contributed by atoms with van der Waals surface area (Å²) in [4.78, 5) is 0. The third-order valence-corrected chi connectivity index (χ3v) is 3.55. The molecule has 2 nitrogen and oxygen atoms in total. The maximum absolute atomic E-state index is 5.70. The molecule has 0 aromatic heterocycles. The van der Waals surface area contributed by atoms with E-state index in [0.29, 0.717) is 12.5 Å². The van der Waals surface area contributed by atoms with E-state index < -0.39 is 0 Å². The summed E-state index contributed by atoms with van der Waals surface area (Å²) in [6.45, 7) is 4.97. The van der Waals surface area contributed by atoms with E-state index >= 15 is 0 Å². The van der Waals surface area contributed by atoms with E-state index in [1.165, 1.54) is 22.3 Å². The molecular weight excluding hydrogens is 246 g/mol. The second-order valence-corrected chi connectivity index (χ2v) is 5.43. The van der Waals surface area contributed by atoms with Crippen LogP contribution in [-0.2, 0) is 13.0 Å². The van der Waals surface area contributed by atoms with Crippen molar-refractivity contribution in [3.8, 4) is 5.75 Å². The molecule has 0 saturated carbocycles. The average Bonchev–Trinajstić information content (AvgIpc) is 2.47. The van der Waals surface area contributed by atoms with Gasteiger partial charge in [0.25, 0.3) is 0 Å². The Morgan fingerprint density at radius 1 is 1.00 bits per heavy atom. The lowest BCUT2D eigenvalue weighted by molar-refractivity contribution is 0.407. The van der Waals surface area contributed by atoms with Crippen molar-refractivity contribution in [2.75, 3.05) is 7.11 Å². The van der Waals surface area contributed by atoms with Gasteiger partial charge in [-0.25, -0.2) is 0 Å². The summed E-state index contributed by atoms with van der Waals surface area (Å²) < 4.78 is 5.43. The van der Waals surface area contributed by atoms with E-state index in [1.807, 2.05) is 0 Å². The maximum Gasteiger partial charge on any atom is 0.122 e. The van der Waals surface area contributed by atoms with Gasteiger partial charge in [-0.1, -0.05) is 50.2 Å². The van der Waals surface area contributed by atoms with Gasteiger partial charge in [0, 0.05) is 6.54 Å². The summed E-state index contributed by atoms with van der Waals surface area (Å²) in [5.41, 5.74) is 10.7. The quantitative estimate of drug-likeness (QED) is 0.894. The third kappa shape index (κ3) is 3.40. The van der Waals surface area contributed by atoms with Crippen LogP contribution in [0.3, 0.4) is 0 Å². The lowest BCUT2D eigenvalue weighted by Crippen LogP contribution is -1.99. The molecule has 0 bridgehead atoms. The van der Waals surface area contributed by atoms with Crippen molar-refractivity contribution >= 4 is 0 Å². The number of ether oxygens (including phenoxy) is 1. The van der Waals surface area contributed by atoms with E-state index in [-0.39, 0.29) is 0 Å². The normalized spacial score (nSPS) is 10.8. The van der Waals surface area contributed by atoms with Gasteiger partial charge in [0.1, 0.15) is 5.75 Å². The lowest BCUT2D eigenvalue weighted by atomic mass is 9.96. The zero-order valence-corrected chi connectivity index (χ0v) is 12.5. The van der Waals surface area contributed by atoms with Crippen molar-refractivity contribution in [3.05, 3.63) is 64.7 Å². The molecule has 0 fully saturated rings. The van der Waals surface area contributed by atoms with Crippen LogP contribution in [0.25, 0.3) is 0 Å². The molecular formula is C18H23NO. The number of methoxy groups -OCH3 is 1. The molecule has 0 radical (unpaired) electrons. The Labute approximate surface area is 121 Å². The molecule has 2 aromatic rings. The van der Waals surface area contributed by atoms with Crippen LogP contribution in [-0.4, -0.2) is 7.11 Å². The first-order chi connectivity index (χ1) is 9.63. The zero-order chi connectivity index (χ0) is 14.5. The number of rotatable bonds is 5. The molecule has 2 heteroatoms. The summed E-state index contributed by atoms with van der Waals surface area (Å²) in [5, 5.41) is 0. The van der Waals surface area contributed by atoms with E-state index in [4.69, 9.17) is 10.5 Å². The SMILES string of the molecule is COc1ccc(Cc2cccc(CN)c2)cc1C(C)C. The second-order valence-electron chi connectivity index (χ2n) is 5.43. The van der Waals surface area contributed by atoms with Gasteiger partial charge in [0.2, 0.25) is 0 Å². The van der Waals surface area contributed by atoms with Crippen molar-refractivity contribution in [3.63, 3.8) is 0 Å². The summed E-state index contributed by atoms with van der Waals surface area (Å²) in [6, 6.07) is 14.9. The minimum Gasteiger partial charge on any atom is -0.496 e. The molecule has 0 saturated heterocycles. The highest BCUT2D eigenvalue weighted by Crippen LogP contribution is 2.28. The van der Waals surface area contributed by atoms with Crippen molar-refractivity contribution in [2.24, 2.45) is 5.73 Å². The molecule has 0 spiro atoms. The van der Waals surface area contributed by atoms with E-state index in [9.17, 15) is 0 Å². The van der Waals surface area contributed by atoms with Crippen molar-refractivity contribution in [1.29, 1.82) is 0 Å². The van der Waals surface area contributed by atoms with Crippen LogP contribution in [0.4, 0.5) is 0 Å². The first-order valence-electron chi connectivity index (χ1n) is 7.08. The molecule has 0 aliphatic carbocycles. The summed E-state index contributed by atoms with van der Waals surface area (Å²) in [6.07, 6.45) is 0.928. The highest BCUT2D eigenvalue weighted by atomic mass is 16.5. The van der Waals surface area contributed by atoms with Gasteiger partial charge >= 0.3 is 0 Å². The molecule has 106 valence electrons. The van der Waals surface area contributed by atoms with E-state index in [2.05, 4.69) is 56.3 Å². The first kappa shape index (κ1) is 14.6. The predicted octanol–water partition coefficient (Wildman–Crippen LogP) is 3.87. The van der Waals surface area contributed by atoms with Crippen molar-refractivity contribution in [1.82, 2.24) is 0 Å². The number of benzene rings is 2.